The van der Waals surface area contributed by atoms with Crippen molar-refractivity contribution in [3.05, 3.63) is 50.2 Å². The number of rotatable bonds is 3. The Labute approximate surface area is 118 Å². The normalized spacial score (nSPS) is 12.2. The van der Waals surface area contributed by atoms with Crippen molar-refractivity contribution in [2.24, 2.45) is 0 Å². The maximum Gasteiger partial charge on any atom is 0.280 e. The van der Waals surface area contributed by atoms with Gasteiger partial charge in [0.2, 0.25) is 0 Å². The van der Waals surface area contributed by atoms with Gasteiger partial charge in [-0.25, -0.2) is 4.68 Å². The number of hydrogen-bond donors (Lipinski definition) is 2. The highest BCUT2D eigenvalue weighted by atomic mass is 16.1. The summed E-state index contributed by atoms with van der Waals surface area (Å²) in [4.78, 5) is 12.4. The third kappa shape index (κ3) is 2.69. The van der Waals surface area contributed by atoms with Crippen molar-refractivity contribution in [1.82, 2.24) is 15.1 Å². The van der Waals surface area contributed by atoms with Gasteiger partial charge in [0.05, 0.1) is 16.3 Å². The van der Waals surface area contributed by atoms with Crippen molar-refractivity contribution in [1.29, 1.82) is 0 Å². The highest BCUT2D eigenvalue weighted by Crippen LogP contribution is 2.10. The van der Waals surface area contributed by atoms with Crippen LogP contribution in [0.1, 0.15) is 25.0 Å². The number of nitrogens with one attached hydrogen (secondary N) is 2. The second-order valence-electron chi connectivity index (χ2n) is 5.38. The maximum atomic E-state index is 12.4. The monoisotopic (exact) mass is 271 g/mol. The van der Waals surface area contributed by atoms with Gasteiger partial charge in [-0.3, -0.25) is 9.89 Å². The lowest BCUT2D eigenvalue weighted by molar-refractivity contribution is 0.729. The standard InChI is InChI=1S/C16H21N3O/c1-10(2)17-9-15-13(5)18-19(16(15)20)14-7-6-11(3)12(4)8-14/h6-10,17-18H,5H2,1-4H3. The Morgan fingerprint density at radius 1 is 1.30 bits per heavy atom. The summed E-state index contributed by atoms with van der Waals surface area (Å²) in [6, 6.07) is 6.21. The molecule has 0 unspecified atom stereocenters. The fraction of sp³-hybridized carbons (Fsp3) is 0.312. The highest BCUT2D eigenvalue weighted by molar-refractivity contribution is 5.39. The number of H-pyrrole nitrogens is 1. The summed E-state index contributed by atoms with van der Waals surface area (Å²) in [6.45, 7) is 12.0. The van der Waals surface area contributed by atoms with E-state index < -0.39 is 0 Å². The first-order chi connectivity index (χ1) is 9.40. The number of aromatic amines is 1. The Morgan fingerprint density at radius 2 is 2.00 bits per heavy atom. The maximum absolute atomic E-state index is 12.4. The van der Waals surface area contributed by atoms with Crippen LogP contribution in [-0.2, 0) is 0 Å². The van der Waals surface area contributed by atoms with E-state index in [0.717, 1.165) is 11.3 Å². The Balaban J connectivity index is 2.57. The van der Waals surface area contributed by atoms with Gasteiger partial charge in [0, 0.05) is 12.2 Å². The molecule has 2 N–H and O–H groups in total. The fourth-order valence-electron chi connectivity index (χ4n) is 1.94. The number of hydrogen-bond acceptors (Lipinski definition) is 2. The molecule has 0 aliphatic rings. The molecule has 1 aromatic heterocycles. The van der Waals surface area contributed by atoms with Crippen molar-refractivity contribution >= 4 is 12.8 Å². The van der Waals surface area contributed by atoms with Crippen molar-refractivity contribution in [2.45, 2.75) is 33.7 Å². The minimum absolute atomic E-state index is 0.0913. The van der Waals surface area contributed by atoms with Crippen LogP contribution in [0.5, 0.6) is 0 Å². The average molecular weight is 271 g/mol. The van der Waals surface area contributed by atoms with E-state index in [2.05, 4.69) is 23.9 Å². The fourth-order valence-corrected chi connectivity index (χ4v) is 1.94. The first kappa shape index (κ1) is 14.2. The quantitative estimate of drug-likeness (QED) is 0.872. The lowest BCUT2D eigenvalue weighted by Crippen LogP contribution is -2.37. The topological polar surface area (TPSA) is 49.8 Å². The lowest BCUT2D eigenvalue weighted by Gasteiger charge is -2.05. The van der Waals surface area contributed by atoms with Crippen molar-refractivity contribution in [3.8, 4) is 5.69 Å². The average Bonchev–Trinajstić information content (AvgIpc) is 2.66. The lowest BCUT2D eigenvalue weighted by atomic mass is 10.1. The molecule has 0 amide bonds. The molecule has 0 saturated carbocycles. The third-order valence-corrected chi connectivity index (χ3v) is 3.32. The van der Waals surface area contributed by atoms with Crippen LogP contribution in [0.15, 0.2) is 23.0 Å². The molecule has 0 fully saturated rings. The first-order valence-corrected chi connectivity index (χ1v) is 6.74. The molecule has 0 aliphatic heterocycles. The summed E-state index contributed by atoms with van der Waals surface area (Å²) in [5.41, 5.74) is 3.09. The minimum Gasteiger partial charge on any atom is -0.388 e. The van der Waals surface area contributed by atoms with E-state index in [0.29, 0.717) is 10.6 Å². The zero-order valence-corrected chi connectivity index (χ0v) is 12.4. The molecule has 2 rings (SSSR count). The third-order valence-electron chi connectivity index (χ3n) is 3.32. The molecule has 0 aliphatic carbocycles. The molecule has 0 radical (unpaired) electrons. The van der Waals surface area contributed by atoms with Gasteiger partial charge in [-0.1, -0.05) is 12.6 Å². The van der Waals surface area contributed by atoms with Crippen molar-refractivity contribution in [3.63, 3.8) is 0 Å². The SMILES string of the molecule is C=c1[nH]n(-c2ccc(C)c(C)c2)c(=O)c1=CNC(C)C. The van der Waals surface area contributed by atoms with Gasteiger partial charge < -0.3 is 5.32 Å². The molecular formula is C16H21N3O. The number of aromatic nitrogens is 2. The van der Waals surface area contributed by atoms with Gasteiger partial charge in [-0.15, -0.1) is 0 Å². The molecule has 106 valence electrons. The molecule has 1 aromatic carbocycles. The van der Waals surface area contributed by atoms with Crippen molar-refractivity contribution in [2.75, 3.05) is 0 Å². The van der Waals surface area contributed by atoms with E-state index in [1.54, 1.807) is 6.20 Å². The van der Waals surface area contributed by atoms with Crippen molar-refractivity contribution < 1.29 is 0 Å². The van der Waals surface area contributed by atoms with Crippen LogP contribution in [0.2, 0.25) is 0 Å². The van der Waals surface area contributed by atoms with Crippen LogP contribution >= 0.6 is 0 Å². The molecule has 4 nitrogen and oxygen atoms in total. The van der Waals surface area contributed by atoms with Gasteiger partial charge in [0.15, 0.2) is 0 Å². The summed E-state index contributed by atoms with van der Waals surface area (Å²) in [5.74, 6) is 0. The first-order valence-electron chi connectivity index (χ1n) is 6.74. The molecule has 1 heterocycles. The van der Waals surface area contributed by atoms with Gasteiger partial charge >= 0.3 is 0 Å². The molecule has 0 bridgehead atoms. The van der Waals surface area contributed by atoms with Gasteiger partial charge in [-0.2, -0.15) is 0 Å². The van der Waals surface area contributed by atoms with Gasteiger partial charge in [0.25, 0.3) is 5.56 Å². The van der Waals surface area contributed by atoms with Gasteiger partial charge in [0.1, 0.15) is 0 Å². The molecule has 0 atom stereocenters. The van der Waals surface area contributed by atoms with Crippen LogP contribution in [0, 0.1) is 13.8 Å². The summed E-state index contributed by atoms with van der Waals surface area (Å²) in [5, 5.41) is 7.33. The second kappa shape index (κ2) is 5.41. The van der Waals surface area contributed by atoms with E-state index in [1.165, 1.54) is 10.2 Å². The van der Waals surface area contributed by atoms with E-state index in [9.17, 15) is 4.79 Å². The van der Waals surface area contributed by atoms with Crippen LogP contribution in [0.3, 0.4) is 0 Å². The van der Waals surface area contributed by atoms with Crippen LogP contribution in [0.4, 0.5) is 0 Å². The Morgan fingerprint density at radius 3 is 2.60 bits per heavy atom. The summed E-state index contributed by atoms with van der Waals surface area (Å²) in [7, 11) is 0. The summed E-state index contributed by atoms with van der Waals surface area (Å²) in [6.07, 6.45) is 1.73. The molecular weight excluding hydrogens is 250 g/mol. The summed E-state index contributed by atoms with van der Waals surface area (Å²) < 4.78 is 1.53. The minimum atomic E-state index is -0.0913. The Bertz CT molecular complexity index is 781. The molecule has 0 saturated heterocycles. The summed E-state index contributed by atoms with van der Waals surface area (Å²) >= 11 is 0. The number of nitrogens with zero attached hydrogens (tertiary/aromatic N) is 1. The van der Waals surface area contributed by atoms with E-state index in [4.69, 9.17) is 0 Å². The smallest absolute Gasteiger partial charge is 0.280 e. The zero-order chi connectivity index (χ0) is 14.9. The predicted octanol–water partition coefficient (Wildman–Crippen LogP) is 0.929. The molecule has 20 heavy (non-hydrogen) atoms. The van der Waals surface area contributed by atoms with Crippen LogP contribution < -0.4 is 21.4 Å². The largest absolute Gasteiger partial charge is 0.388 e. The second-order valence-corrected chi connectivity index (χ2v) is 5.38. The molecule has 0 spiro atoms. The van der Waals surface area contributed by atoms with E-state index in [1.807, 2.05) is 39.0 Å². The van der Waals surface area contributed by atoms with E-state index >= 15 is 0 Å². The zero-order valence-electron chi connectivity index (χ0n) is 12.4. The predicted molar refractivity (Wildman–Crippen MR) is 83.4 cm³/mol. The molecule has 4 heteroatoms. The van der Waals surface area contributed by atoms with E-state index in [-0.39, 0.29) is 11.6 Å². The van der Waals surface area contributed by atoms with Crippen LogP contribution in [0.25, 0.3) is 18.5 Å². The molecule has 2 aromatic rings. The Hall–Kier alpha value is -2.23. The Kier molecular flexibility index (Phi) is 3.84. The van der Waals surface area contributed by atoms with Crippen LogP contribution in [-0.4, -0.2) is 15.8 Å². The number of aryl methyl sites for hydroxylation is 2. The van der Waals surface area contributed by atoms with Gasteiger partial charge in [-0.05, 0) is 51.0 Å². The number of benzene rings is 1. The highest BCUT2D eigenvalue weighted by Gasteiger charge is 2.05.